The summed E-state index contributed by atoms with van der Waals surface area (Å²) in [5.74, 6) is 0.850. The summed E-state index contributed by atoms with van der Waals surface area (Å²) < 4.78 is 11.2. The number of rotatable bonds is 5. The van der Waals surface area contributed by atoms with Crippen LogP contribution in [0.2, 0.25) is 0 Å². The van der Waals surface area contributed by atoms with Gasteiger partial charge in [-0.15, -0.1) is 0 Å². The molecule has 4 nitrogen and oxygen atoms in total. The molecule has 1 atom stereocenters. The lowest BCUT2D eigenvalue weighted by Gasteiger charge is -2.32. The molecular formula is C21H23NO3. The Morgan fingerprint density at radius 2 is 1.96 bits per heavy atom. The maximum atomic E-state index is 12.5. The number of morpholine rings is 1. The van der Waals surface area contributed by atoms with E-state index in [0.717, 1.165) is 16.9 Å². The Labute approximate surface area is 148 Å². The first-order valence-corrected chi connectivity index (χ1v) is 8.62. The summed E-state index contributed by atoms with van der Waals surface area (Å²) >= 11 is 0. The van der Waals surface area contributed by atoms with Gasteiger partial charge in [0.15, 0.2) is 0 Å². The van der Waals surface area contributed by atoms with Crippen molar-refractivity contribution in [2.75, 3.05) is 26.3 Å². The Kier molecular flexibility index (Phi) is 5.86. The standard InChI is InChI=1S/C21H23NO3/c1-2-24-19-11-8-17(9-12-19)10-13-21(23)22-14-15-25-20(16-22)18-6-4-3-5-7-18/h3-13,20H,2,14-16H2,1H3/b13-10+. The van der Waals surface area contributed by atoms with Crippen molar-refractivity contribution >= 4 is 12.0 Å². The first-order valence-electron chi connectivity index (χ1n) is 8.62. The molecule has 1 unspecified atom stereocenters. The summed E-state index contributed by atoms with van der Waals surface area (Å²) in [4.78, 5) is 14.3. The van der Waals surface area contributed by atoms with E-state index in [1.807, 2.05) is 72.5 Å². The number of ether oxygens (including phenoxy) is 2. The van der Waals surface area contributed by atoms with Crippen LogP contribution in [0.25, 0.3) is 6.08 Å². The molecule has 1 aliphatic heterocycles. The van der Waals surface area contributed by atoms with Gasteiger partial charge >= 0.3 is 0 Å². The van der Waals surface area contributed by atoms with Gasteiger partial charge in [-0.05, 0) is 36.3 Å². The molecule has 1 saturated heterocycles. The SMILES string of the molecule is CCOc1ccc(/C=C/C(=O)N2CCOC(c3ccccc3)C2)cc1. The van der Waals surface area contributed by atoms with Gasteiger partial charge in [0.2, 0.25) is 5.91 Å². The molecule has 4 heteroatoms. The quantitative estimate of drug-likeness (QED) is 0.781. The molecule has 0 aromatic heterocycles. The largest absolute Gasteiger partial charge is 0.494 e. The third-order valence-electron chi connectivity index (χ3n) is 4.16. The summed E-state index contributed by atoms with van der Waals surface area (Å²) in [6.45, 7) is 4.36. The number of carbonyl (C=O) groups excluding carboxylic acids is 1. The fraction of sp³-hybridized carbons (Fsp3) is 0.286. The molecule has 1 fully saturated rings. The minimum atomic E-state index is -0.0576. The van der Waals surface area contributed by atoms with Crippen LogP contribution >= 0.6 is 0 Å². The lowest BCUT2D eigenvalue weighted by Crippen LogP contribution is -2.41. The van der Waals surface area contributed by atoms with Gasteiger partial charge in [0.1, 0.15) is 11.9 Å². The van der Waals surface area contributed by atoms with Crippen LogP contribution in [0.5, 0.6) is 5.75 Å². The van der Waals surface area contributed by atoms with Crippen molar-refractivity contribution < 1.29 is 14.3 Å². The number of hydrogen-bond acceptors (Lipinski definition) is 3. The number of nitrogens with zero attached hydrogens (tertiary/aromatic N) is 1. The van der Waals surface area contributed by atoms with Gasteiger partial charge in [-0.3, -0.25) is 4.79 Å². The van der Waals surface area contributed by atoms with E-state index in [-0.39, 0.29) is 12.0 Å². The summed E-state index contributed by atoms with van der Waals surface area (Å²) in [5.41, 5.74) is 2.08. The van der Waals surface area contributed by atoms with Gasteiger partial charge in [0.25, 0.3) is 0 Å². The second-order valence-corrected chi connectivity index (χ2v) is 5.89. The molecule has 25 heavy (non-hydrogen) atoms. The van der Waals surface area contributed by atoms with Gasteiger partial charge < -0.3 is 14.4 Å². The Balaban J connectivity index is 1.60. The number of amides is 1. The predicted octanol–water partition coefficient (Wildman–Crippen LogP) is 3.70. The fourth-order valence-electron chi connectivity index (χ4n) is 2.83. The highest BCUT2D eigenvalue weighted by Crippen LogP contribution is 2.22. The molecule has 0 saturated carbocycles. The second-order valence-electron chi connectivity index (χ2n) is 5.89. The third-order valence-corrected chi connectivity index (χ3v) is 4.16. The van der Waals surface area contributed by atoms with Crippen LogP contribution in [0.15, 0.2) is 60.7 Å². The van der Waals surface area contributed by atoms with Gasteiger partial charge in [-0.25, -0.2) is 0 Å². The monoisotopic (exact) mass is 337 g/mol. The smallest absolute Gasteiger partial charge is 0.246 e. The van der Waals surface area contributed by atoms with Crippen molar-refractivity contribution in [1.82, 2.24) is 4.90 Å². The second kappa shape index (κ2) is 8.49. The third kappa shape index (κ3) is 4.70. The van der Waals surface area contributed by atoms with E-state index in [4.69, 9.17) is 9.47 Å². The van der Waals surface area contributed by atoms with Gasteiger partial charge in [-0.2, -0.15) is 0 Å². The van der Waals surface area contributed by atoms with Crippen LogP contribution in [0, 0.1) is 0 Å². The summed E-state index contributed by atoms with van der Waals surface area (Å²) in [6.07, 6.45) is 3.41. The Bertz CT molecular complexity index is 710. The van der Waals surface area contributed by atoms with Crippen molar-refractivity contribution in [3.05, 3.63) is 71.8 Å². The van der Waals surface area contributed by atoms with Crippen molar-refractivity contribution in [3.8, 4) is 5.75 Å². The van der Waals surface area contributed by atoms with Crippen LogP contribution in [0.1, 0.15) is 24.2 Å². The number of hydrogen-bond donors (Lipinski definition) is 0. The van der Waals surface area contributed by atoms with Crippen LogP contribution in [-0.2, 0) is 9.53 Å². The van der Waals surface area contributed by atoms with E-state index in [1.54, 1.807) is 6.08 Å². The molecule has 0 N–H and O–H groups in total. The topological polar surface area (TPSA) is 38.8 Å². The number of benzene rings is 2. The molecule has 0 radical (unpaired) electrons. The normalized spacial score (nSPS) is 17.6. The zero-order chi connectivity index (χ0) is 17.5. The molecule has 0 bridgehead atoms. The highest BCUT2D eigenvalue weighted by Gasteiger charge is 2.23. The van der Waals surface area contributed by atoms with E-state index in [9.17, 15) is 4.79 Å². The van der Waals surface area contributed by atoms with E-state index < -0.39 is 0 Å². The Hall–Kier alpha value is -2.59. The number of carbonyl (C=O) groups is 1. The highest BCUT2D eigenvalue weighted by molar-refractivity contribution is 5.91. The van der Waals surface area contributed by atoms with Crippen LogP contribution < -0.4 is 4.74 Å². The Morgan fingerprint density at radius 1 is 1.20 bits per heavy atom. The summed E-state index contributed by atoms with van der Waals surface area (Å²) in [6, 6.07) is 17.7. The molecule has 2 aromatic rings. The summed E-state index contributed by atoms with van der Waals surface area (Å²) in [5, 5.41) is 0. The van der Waals surface area contributed by atoms with Crippen molar-refractivity contribution in [2.45, 2.75) is 13.0 Å². The van der Waals surface area contributed by atoms with E-state index in [2.05, 4.69) is 0 Å². The molecule has 1 heterocycles. The van der Waals surface area contributed by atoms with Crippen LogP contribution in [0.4, 0.5) is 0 Å². The average molecular weight is 337 g/mol. The zero-order valence-electron chi connectivity index (χ0n) is 14.4. The van der Waals surface area contributed by atoms with E-state index in [1.165, 1.54) is 0 Å². The minimum Gasteiger partial charge on any atom is -0.494 e. The van der Waals surface area contributed by atoms with Gasteiger partial charge in [0.05, 0.1) is 19.8 Å². The fourth-order valence-corrected chi connectivity index (χ4v) is 2.83. The molecule has 3 rings (SSSR count). The first kappa shape index (κ1) is 17.2. The molecule has 130 valence electrons. The van der Waals surface area contributed by atoms with E-state index in [0.29, 0.717) is 26.3 Å². The maximum Gasteiger partial charge on any atom is 0.246 e. The summed E-state index contributed by atoms with van der Waals surface area (Å²) in [7, 11) is 0. The first-order chi connectivity index (χ1) is 12.3. The van der Waals surface area contributed by atoms with Crippen molar-refractivity contribution in [3.63, 3.8) is 0 Å². The van der Waals surface area contributed by atoms with Crippen LogP contribution in [-0.4, -0.2) is 37.1 Å². The zero-order valence-corrected chi connectivity index (χ0v) is 14.4. The van der Waals surface area contributed by atoms with Gasteiger partial charge in [0, 0.05) is 12.6 Å². The lowest BCUT2D eigenvalue weighted by molar-refractivity contribution is -0.133. The maximum absolute atomic E-state index is 12.5. The molecule has 1 aliphatic rings. The predicted molar refractivity (Wildman–Crippen MR) is 98.4 cm³/mol. The van der Waals surface area contributed by atoms with Crippen molar-refractivity contribution in [1.29, 1.82) is 0 Å². The minimum absolute atomic E-state index is 0.0121. The average Bonchev–Trinajstić information content (AvgIpc) is 2.68. The molecule has 1 amide bonds. The van der Waals surface area contributed by atoms with Crippen LogP contribution in [0.3, 0.4) is 0 Å². The lowest BCUT2D eigenvalue weighted by atomic mass is 10.1. The molecule has 0 aliphatic carbocycles. The van der Waals surface area contributed by atoms with Crippen molar-refractivity contribution in [2.24, 2.45) is 0 Å². The van der Waals surface area contributed by atoms with Gasteiger partial charge in [-0.1, -0.05) is 42.5 Å². The highest BCUT2D eigenvalue weighted by atomic mass is 16.5. The van der Waals surface area contributed by atoms with E-state index >= 15 is 0 Å². The Morgan fingerprint density at radius 3 is 2.68 bits per heavy atom. The molecule has 2 aromatic carbocycles. The molecule has 0 spiro atoms. The molecular weight excluding hydrogens is 314 g/mol.